The molecule has 1 saturated heterocycles. The number of hydrogen-bond acceptors (Lipinski definition) is 3. The zero-order chi connectivity index (χ0) is 17.5. The molecule has 0 spiro atoms. The number of nitrogens with zero attached hydrogens (tertiary/aromatic N) is 2. The van der Waals surface area contributed by atoms with Crippen LogP contribution in [0.2, 0.25) is 0 Å². The number of likely N-dealkylation sites (N-methyl/N-ethyl adjacent to an activating group) is 1. The lowest BCUT2D eigenvalue weighted by atomic mass is 10.0. The van der Waals surface area contributed by atoms with Crippen LogP contribution in [0.4, 0.5) is 4.79 Å². The number of nitrogens with one attached hydrogen (secondary N) is 1. The van der Waals surface area contributed by atoms with Gasteiger partial charge in [-0.2, -0.15) is 0 Å². The van der Waals surface area contributed by atoms with Gasteiger partial charge in [-0.15, -0.1) is 0 Å². The number of hydrogen-bond donors (Lipinski definition) is 2. The third-order valence-corrected chi connectivity index (χ3v) is 4.68. The van der Waals surface area contributed by atoms with Crippen molar-refractivity contribution in [2.75, 3.05) is 20.1 Å². The van der Waals surface area contributed by atoms with Crippen LogP contribution in [0.3, 0.4) is 0 Å². The maximum atomic E-state index is 11.9. The molecule has 0 aromatic heterocycles. The van der Waals surface area contributed by atoms with Crippen LogP contribution in [0.15, 0.2) is 24.3 Å². The standard InChI is InChI=1S/C19H31N3O2/c1-15-6-4-5-11-22(15)14-18-9-7-17(8-10-18)12-20-19(24)21(3)13-16(2)23/h7-10,15-16,23H,4-6,11-14H2,1-3H3,(H,20,24). The summed E-state index contributed by atoms with van der Waals surface area (Å²) >= 11 is 0. The van der Waals surface area contributed by atoms with Crippen molar-refractivity contribution in [1.29, 1.82) is 0 Å². The molecule has 1 aromatic carbocycles. The summed E-state index contributed by atoms with van der Waals surface area (Å²) in [5, 5.41) is 12.2. The molecule has 1 aliphatic heterocycles. The Morgan fingerprint density at radius 2 is 2.00 bits per heavy atom. The van der Waals surface area contributed by atoms with Crippen LogP contribution >= 0.6 is 0 Å². The van der Waals surface area contributed by atoms with Crippen molar-refractivity contribution >= 4 is 6.03 Å². The van der Waals surface area contributed by atoms with E-state index in [1.165, 1.54) is 36.3 Å². The fourth-order valence-corrected chi connectivity index (χ4v) is 3.18. The summed E-state index contributed by atoms with van der Waals surface area (Å²) in [5.74, 6) is 0. The van der Waals surface area contributed by atoms with Crippen molar-refractivity contribution in [3.63, 3.8) is 0 Å². The zero-order valence-electron chi connectivity index (χ0n) is 15.2. The molecular formula is C19H31N3O2. The minimum Gasteiger partial charge on any atom is -0.392 e. The molecule has 0 saturated carbocycles. The lowest BCUT2D eigenvalue weighted by molar-refractivity contribution is 0.143. The SMILES string of the molecule is CC(O)CN(C)C(=O)NCc1ccc(CN2CCCCC2C)cc1. The lowest BCUT2D eigenvalue weighted by Gasteiger charge is -2.33. The number of amides is 2. The van der Waals surface area contributed by atoms with Crippen molar-refractivity contribution < 1.29 is 9.90 Å². The largest absolute Gasteiger partial charge is 0.392 e. The Labute approximate surface area is 145 Å². The number of likely N-dealkylation sites (tertiary alicyclic amines) is 1. The minimum atomic E-state index is -0.516. The summed E-state index contributed by atoms with van der Waals surface area (Å²) in [5.41, 5.74) is 2.41. The summed E-state index contributed by atoms with van der Waals surface area (Å²) in [7, 11) is 1.69. The summed E-state index contributed by atoms with van der Waals surface area (Å²) in [6.07, 6.45) is 3.43. The van der Waals surface area contributed by atoms with Gasteiger partial charge in [0.1, 0.15) is 0 Å². The van der Waals surface area contributed by atoms with Crippen LogP contribution in [0.1, 0.15) is 44.2 Å². The Hall–Kier alpha value is -1.59. The van der Waals surface area contributed by atoms with Gasteiger partial charge in [0.05, 0.1) is 6.10 Å². The average molecular weight is 333 g/mol. The van der Waals surface area contributed by atoms with Crippen LogP contribution in [-0.4, -0.2) is 53.2 Å². The number of rotatable bonds is 6. The van der Waals surface area contributed by atoms with E-state index in [9.17, 15) is 9.90 Å². The second kappa shape index (κ2) is 9.04. The summed E-state index contributed by atoms with van der Waals surface area (Å²) < 4.78 is 0. The number of carbonyl (C=O) groups excluding carboxylic acids is 1. The van der Waals surface area contributed by atoms with Gasteiger partial charge in [-0.05, 0) is 44.4 Å². The monoisotopic (exact) mass is 333 g/mol. The van der Waals surface area contributed by atoms with Gasteiger partial charge in [-0.1, -0.05) is 30.7 Å². The number of aliphatic hydroxyl groups excluding tert-OH is 1. The van der Waals surface area contributed by atoms with Gasteiger partial charge in [-0.3, -0.25) is 4.90 Å². The maximum Gasteiger partial charge on any atom is 0.317 e. The molecule has 0 radical (unpaired) electrons. The fourth-order valence-electron chi connectivity index (χ4n) is 3.18. The molecule has 2 unspecified atom stereocenters. The van der Waals surface area contributed by atoms with Crippen LogP contribution < -0.4 is 5.32 Å². The highest BCUT2D eigenvalue weighted by atomic mass is 16.3. The van der Waals surface area contributed by atoms with E-state index in [-0.39, 0.29) is 6.03 Å². The minimum absolute atomic E-state index is 0.165. The Morgan fingerprint density at radius 1 is 1.33 bits per heavy atom. The van der Waals surface area contributed by atoms with Crippen molar-refractivity contribution in [3.8, 4) is 0 Å². The molecular weight excluding hydrogens is 302 g/mol. The van der Waals surface area contributed by atoms with Crippen molar-refractivity contribution in [1.82, 2.24) is 15.1 Å². The normalized spacial score (nSPS) is 19.8. The molecule has 134 valence electrons. The van der Waals surface area contributed by atoms with E-state index in [0.717, 1.165) is 12.1 Å². The molecule has 5 nitrogen and oxygen atoms in total. The van der Waals surface area contributed by atoms with E-state index in [4.69, 9.17) is 0 Å². The van der Waals surface area contributed by atoms with Gasteiger partial charge in [0.15, 0.2) is 0 Å². The first kappa shape index (κ1) is 18.7. The maximum absolute atomic E-state index is 11.9. The molecule has 1 aromatic rings. The van der Waals surface area contributed by atoms with Gasteiger partial charge in [0.25, 0.3) is 0 Å². The number of benzene rings is 1. The fraction of sp³-hybridized carbons (Fsp3) is 0.632. The second-order valence-corrected chi connectivity index (χ2v) is 7.02. The quantitative estimate of drug-likeness (QED) is 0.841. The Balaban J connectivity index is 1.80. The number of urea groups is 1. The highest BCUT2D eigenvalue weighted by molar-refractivity contribution is 5.73. The number of carbonyl (C=O) groups is 1. The van der Waals surface area contributed by atoms with E-state index in [2.05, 4.69) is 41.4 Å². The molecule has 24 heavy (non-hydrogen) atoms. The van der Waals surface area contributed by atoms with Gasteiger partial charge in [0, 0.05) is 32.7 Å². The van der Waals surface area contributed by atoms with Gasteiger partial charge >= 0.3 is 6.03 Å². The zero-order valence-corrected chi connectivity index (χ0v) is 15.2. The van der Waals surface area contributed by atoms with Crippen LogP contribution in [0.5, 0.6) is 0 Å². The molecule has 5 heteroatoms. The molecule has 2 atom stereocenters. The third kappa shape index (κ3) is 5.80. The highest BCUT2D eigenvalue weighted by Gasteiger charge is 2.18. The van der Waals surface area contributed by atoms with E-state index in [1.807, 2.05) is 0 Å². The first-order valence-electron chi connectivity index (χ1n) is 8.94. The Morgan fingerprint density at radius 3 is 2.62 bits per heavy atom. The van der Waals surface area contributed by atoms with Crippen molar-refractivity contribution in [3.05, 3.63) is 35.4 Å². The summed E-state index contributed by atoms with van der Waals surface area (Å²) in [6, 6.07) is 8.98. The lowest BCUT2D eigenvalue weighted by Crippen LogP contribution is -2.40. The van der Waals surface area contributed by atoms with Crippen LogP contribution in [0.25, 0.3) is 0 Å². The van der Waals surface area contributed by atoms with E-state index in [1.54, 1.807) is 14.0 Å². The van der Waals surface area contributed by atoms with E-state index >= 15 is 0 Å². The molecule has 1 aliphatic rings. The third-order valence-electron chi connectivity index (χ3n) is 4.68. The summed E-state index contributed by atoms with van der Waals surface area (Å²) in [4.78, 5) is 16.0. The van der Waals surface area contributed by atoms with Gasteiger partial charge in [-0.25, -0.2) is 4.79 Å². The van der Waals surface area contributed by atoms with Crippen molar-refractivity contribution in [2.45, 2.75) is 58.3 Å². The molecule has 2 rings (SSSR count). The van der Waals surface area contributed by atoms with Crippen molar-refractivity contribution in [2.24, 2.45) is 0 Å². The first-order valence-corrected chi connectivity index (χ1v) is 8.94. The number of aliphatic hydroxyl groups is 1. The van der Waals surface area contributed by atoms with E-state index < -0.39 is 6.10 Å². The predicted molar refractivity (Wildman–Crippen MR) is 96.7 cm³/mol. The van der Waals surface area contributed by atoms with Gasteiger partial charge in [0.2, 0.25) is 0 Å². The van der Waals surface area contributed by atoms with Crippen LogP contribution in [-0.2, 0) is 13.1 Å². The molecule has 0 bridgehead atoms. The number of piperidine rings is 1. The topological polar surface area (TPSA) is 55.8 Å². The molecule has 1 heterocycles. The van der Waals surface area contributed by atoms with Crippen LogP contribution in [0, 0.1) is 0 Å². The first-order chi connectivity index (χ1) is 11.5. The highest BCUT2D eigenvalue weighted by Crippen LogP contribution is 2.19. The predicted octanol–water partition coefficient (Wildman–Crippen LogP) is 2.58. The smallest absolute Gasteiger partial charge is 0.317 e. The molecule has 2 N–H and O–H groups in total. The van der Waals surface area contributed by atoms with E-state index in [0.29, 0.717) is 19.1 Å². The molecule has 2 amide bonds. The summed E-state index contributed by atoms with van der Waals surface area (Å²) in [6.45, 7) is 7.01. The van der Waals surface area contributed by atoms with Gasteiger partial charge < -0.3 is 15.3 Å². The molecule has 1 fully saturated rings. The Bertz CT molecular complexity index is 516. The average Bonchev–Trinajstić information content (AvgIpc) is 2.55. The molecule has 0 aliphatic carbocycles. The Kier molecular flexibility index (Phi) is 7.06. The second-order valence-electron chi connectivity index (χ2n) is 7.02.